The number of amides is 1. The Kier molecular flexibility index (Phi) is 4.69. The molecule has 0 aromatic carbocycles. The molecule has 3 rings (SSSR count). The second-order valence-electron chi connectivity index (χ2n) is 5.20. The minimum atomic E-state index is -0.116. The topological polar surface area (TPSA) is 85.5 Å². The number of carbonyl (C=O) groups is 1. The number of hydrogen-bond donors (Lipinski definition) is 1. The summed E-state index contributed by atoms with van der Waals surface area (Å²) in [6.07, 6.45) is 2.48. The standard InChI is InChI=1S/C14H17N3O3.ClH/c1-9-5-10(7-15)8-17(9)14(18)11-6-13(20-16-11)12-3-2-4-19-12;/h2-4,6,9-10H,5,7-8,15H2,1H3;1H. The second kappa shape index (κ2) is 6.32. The molecule has 1 amide bonds. The van der Waals surface area contributed by atoms with Gasteiger partial charge in [-0.2, -0.15) is 0 Å². The molecule has 0 spiro atoms. The predicted molar refractivity (Wildman–Crippen MR) is 79.1 cm³/mol. The highest BCUT2D eigenvalue weighted by Crippen LogP contribution is 2.26. The van der Waals surface area contributed by atoms with Gasteiger partial charge in [0, 0.05) is 18.7 Å². The van der Waals surface area contributed by atoms with Gasteiger partial charge in [0.1, 0.15) is 0 Å². The summed E-state index contributed by atoms with van der Waals surface area (Å²) < 4.78 is 10.4. The van der Waals surface area contributed by atoms with Gasteiger partial charge in [-0.3, -0.25) is 4.79 Å². The Hall–Kier alpha value is -1.79. The summed E-state index contributed by atoms with van der Waals surface area (Å²) in [6, 6.07) is 5.31. The number of nitrogens with two attached hydrogens (primary N) is 1. The molecule has 0 saturated carbocycles. The summed E-state index contributed by atoms with van der Waals surface area (Å²) in [5, 5.41) is 3.84. The molecule has 0 radical (unpaired) electrons. The van der Waals surface area contributed by atoms with Gasteiger partial charge in [-0.15, -0.1) is 12.4 Å². The number of aromatic nitrogens is 1. The van der Waals surface area contributed by atoms with Crippen LogP contribution in [0.15, 0.2) is 33.4 Å². The van der Waals surface area contributed by atoms with Crippen LogP contribution in [0, 0.1) is 5.92 Å². The van der Waals surface area contributed by atoms with E-state index in [-0.39, 0.29) is 24.4 Å². The van der Waals surface area contributed by atoms with Crippen LogP contribution in [-0.4, -0.2) is 35.1 Å². The highest BCUT2D eigenvalue weighted by atomic mass is 35.5. The van der Waals surface area contributed by atoms with E-state index in [0.717, 1.165) is 6.42 Å². The van der Waals surface area contributed by atoms with Crippen molar-refractivity contribution in [1.29, 1.82) is 0 Å². The van der Waals surface area contributed by atoms with E-state index in [9.17, 15) is 4.79 Å². The zero-order chi connectivity index (χ0) is 14.1. The zero-order valence-electron chi connectivity index (χ0n) is 11.7. The molecule has 2 atom stereocenters. The third-order valence-electron chi connectivity index (χ3n) is 3.75. The van der Waals surface area contributed by atoms with Crippen LogP contribution in [0.5, 0.6) is 0 Å². The van der Waals surface area contributed by atoms with E-state index in [4.69, 9.17) is 14.7 Å². The third kappa shape index (κ3) is 2.96. The van der Waals surface area contributed by atoms with Gasteiger partial charge >= 0.3 is 0 Å². The number of nitrogens with zero attached hydrogens (tertiary/aromatic N) is 2. The Morgan fingerprint density at radius 3 is 2.95 bits per heavy atom. The Bertz CT molecular complexity index is 596. The van der Waals surface area contributed by atoms with E-state index in [2.05, 4.69) is 5.16 Å². The van der Waals surface area contributed by atoms with Crippen molar-refractivity contribution in [2.45, 2.75) is 19.4 Å². The fraction of sp³-hybridized carbons (Fsp3) is 0.429. The molecule has 1 aliphatic heterocycles. The summed E-state index contributed by atoms with van der Waals surface area (Å²) in [7, 11) is 0. The third-order valence-corrected chi connectivity index (χ3v) is 3.75. The Labute approximate surface area is 128 Å². The molecule has 2 aromatic heterocycles. The van der Waals surface area contributed by atoms with Crippen molar-refractivity contribution in [2.24, 2.45) is 11.7 Å². The number of rotatable bonds is 3. The van der Waals surface area contributed by atoms with Crippen molar-refractivity contribution < 1.29 is 13.7 Å². The SMILES string of the molecule is CC1CC(CN)CN1C(=O)c1cc(-c2ccco2)on1.Cl. The first-order chi connectivity index (χ1) is 9.69. The van der Waals surface area contributed by atoms with Crippen LogP contribution in [-0.2, 0) is 0 Å². The molecular formula is C14H18ClN3O3. The van der Waals surface area contributed by atoms with Crippen molar-refractivity contribution in [3.8, 4) is 11.5 Å². The quantitative estimate of drug-likeness (QED) is 0.939. The molecule has 6 nitrogen and oxygen atoms in total. The van der Waals surface area contributed by atoms with Crippen molar-refractivity contribution in [2.75, 3.05) is 13.1 Å². The van der Waals surface area contributed by atoms with Gasteiger partial charge in [0.25, 0.3) is 5.91 Å². The predicted octanol–water partition coefficient (Wildman–Crippen LogP) is 2.17. The van der Waals surface area contributed by atoms with Crippen LogP contribution >= 0.6 is 12.4 Å². The maximum Gasteiger partial charge on any atom is 0.276 e. The molecule has 2 aromatic rings. The summed E-state index contributed by atoms with van der Waals surface area (Å²) >= 11 is 0. The Morgan fingerprint density at radius 2 is 2.33 bits per heavy atom. The van der Waals surface area contributed by atoms with Crippen molar-refractivity contribution in [3.63, 3.8) is 0 Å². The van der Waals surface area contributed by atoms with E-state index >= 15 is 0 Å². The number of furan rings is 1. The fourth-order valence-corrected chi connectivity index (χ4v) is 2.65. The Balaban J connectivity index is 0.00000161. The fourth-order valence-electron chi connectivity index (χ4n) is 2.65. The molecule has 3 heterocycles. The first kappa shape index (κ1) is 15.6. The molecule has 1 saturated heterocycles. The molecule has 0 bridgehead atoms. The smallest absolute Gasteiger partial charge is 0.276 e. The van der Waals surface area contributed by atoms with Gasteiger partial charge in [0.05, 0.1) is 6.26 Å². The highest BCUT2D eigenvalue weighted by Gasteiger charge is 2.33. The van der Waals surface area contributed by atoms with Gasteiger partial charge < -0.3 is 19.6 Å². The summed E-state index contributed by atoms with van der Waals surface area (Å²) in [5.74, 6) is 1.27. The largest absolute Gasteiger partial charge is 0.461 e. The summed E-state index contributed by atoms with van der Waals surface area (Å²) in [4.78, 5) is 14.2. The van der Waals surface area contributed by atoms with E-state index in [1.54, 1.807) is 29.4 Å². The van der Waals surface area contributed by atoms with Gasteiger partial charge in [0.15, 0.2) is 11.5 Å². The van der Waals surface area contributed by atoms with Gasteiger partial charge in [0.2, 0.25) is 5.76 Å². The number of likely N-dealkylation sites (tertiary alicyclic amines) is 1. The minimum Gasteiger partial charge on any atom is -0.461 e. The lowest BCUT2D eigenvalue weighted by molar-refractivity contribution is 0.0733. The zero-order valence-corrected chi connectivity index (χ0v) is 12.5. The molecule has 0 aliphatic carbocycles. The van der Waals surface area contributed by atoms with Crippen molar-refractivity contribution in [3.05, 3.63) is 30.2 Å². The van der Waals surface area contributed by atoms with Crippen LogP contribution in [0.2, 0.25) is 0 Å². The number of hydrogen-bond acceptors (Lipinski definition) is 5. The number of halogens is 1. The van der Waals surface area contributed by atoms with Gasteiger partial charge in [-0.25, -0.2) is 0 Å². The van der Waals surface area contributed by atoms with Crippen LogP contribution < -0.4 is 5.73 Å². The molecule has 114 valence electrons. The van der Waals surface area contributed by atoms with E-state index in [1.165, 1.54) is 0 Å². The second-order valence-corrected chi connectivity index (χ2v) is 5.20. The highest BCUT2D eigenvalue weighted by molar-refractivity contribution is 5.93. The van der Waals surface area contributed by atoms with Crippen molar-refractivity contribution in [1.82, 2.24) is 10.1 Å². The number of carbonyl (C=O) groups excluding carboxylic acids is 1. The average Bonchev–Trinajstić information content (AvgIpc) is 3.17. The average molecular weight is 312 g/mol. The van der Waals surface area contributed by atoms with Crippen LogP contribution in [0.25, 0.3) is 11.5 Å². The lowest BCUT2D eigenvalue weighted by Gasteiger charge is -2.19. The molecule has 2 N–H and O–H groups in total. The Morgan fingerprint density at radius 1 is 1.52 bits per heavy atom. The van der Waals surface area contributed by atoms with Gasteiger partial charge in [-0.05, 0) is 37.9 Å². The first-order valence-corrected chi connectivity index (χ1v) is 6.70. The lowest BCUT2D eigenvalue weighted by Crippen LogP contribution is -2.34. The minimum absolute atomic E-state index is 0. The van der Waals surface area contributed by atoms with Gasteiger partial charge in [-0.1, -0.05) is 5.16 Å². The lowest BCUT2D eigenvalue weighted by atomic mass is 10.1. The van der Waals surface area contributed by atoms with Crippen LogP contribution in [0.4, 0.5) is 0 Å². The normalized spacial score (nSPS) is 21.3. The van der Waals surface area contributed by atoms with E-state index in [0.29, 0.717) is 36.2 Å². The monoisotopic (exact) mass is 311 g/mol. The first-order valence-electron chi connectivity index (χ1n) is 6.70. The van der Waals surface area contributed by atoms with Crippen LogP contribution in [0.3, 0.4) is 0 Å². The molecule has 21 heavy (non-hydrogen) atoms. The summed E-state index contributed by atoms with van der Waals surface area (Å²) in [5.41, 5.74) is 5.99. The van der Waals surface area contributed by atoms with Crippen molar-refractivity contribution >= 4 is 18.3 Å². The molecule has 7 heteroatoms. The molecule has 1 aliphatic rings. The van der Waals surface area contributed by atoms with E-state index in [1.807, 2.05) is 6.92 Å². The van der Waals surface area contributed by atoms with E-state index < -0.39 is 0 Å². The maximum absolute atomic E-state index is 12.4. The molecular weight excluding hydrogens is 294 g/mol. The summed E-state index contributed by atoms with van der Waals surface area (Å²) in [6.45, 7) is 3.31. The molecule has 2 unspecified atom stereocenters. The maximum atomic E-state index is 12.4. The van der Waals surface area contributed by atoms with Crippen LogP contribution in [0.1, 0.15) is 23.8 Å². The molecule has 1 fully saturated rings.